The number of amides is 1. The van der Waals surface area contributed by atoms with E-state index in [0.29, 0.717) is 13.0 Å². The van der Waals surface area contributed by atoms with E-state index < -0.39 is 22.6 Å². The first-order chi connectivity index (χ1) is 10.6. The van der Waals surface area contributed by atoms with Crippen molar-refractivity contribution in [3.05, 3.63) is 12.7 Å². The van der Waals surface area contributed by atoms with E-state index in [0.717, 1.165) is 12.1 Å². The number of hydrogen-bond acceptors (Lipinski definition) is 4. The molecule has 0 radical (unpaired) electrons. The van der Waals surface area contributed by atoms with Crippen molar-refractivity contribution < 1.29 is 18.4 Å². The predicted molar refractivity (Wildman–Crippen MR) is 99.4 cm³/mol. The van der Waals surface area contributed by atoms with Gasteiger partial charge in [-0.1, -0.05) is 26.3 Å². The Labute approximate surface area is 143 Å². The molecule has 0 aliphatic carbocycles. The second kappa shape index (κ2) is 10.8. The fourth-order valence-corrected chi connectivity index (χ4v) is 11.2. The van der Waals surface area contributed by atoms with E-state index in [-0.39, 0.29) is 12.5 Å². The van der Waals surface area contributed by atoms with Crippen LogP contribution in [0.3, 0.4) is 0 Å². The minimum atomic E-state index is -1.82. The highest BCUT2D eigenvalue weighted by molar-refractivity contribution is 6.84. The predicted octanol–water partition coefficient (Wildman–Crippen LogP) is 3.45. The van der Waals surface area contributed by atoms with Crippen molar-refractivity contribution in [3.8, 4) is 0 Å². The number of ether oxygens (including phenoxy) is 1. The van der Waals surface area contributed by atoms with E-state index in [1.807, 2.05) is 0 Å². The molecule has 1 amide bonds. The Bertz CT molecular complexity index is 398. The third kappa shape index (κ3) is 12.2. The highest BCUT2D eigenvalue weighted by atomic mass is 28.4. The average Bonchev–Trinajstić information content (AvgIpc) is 2.46. The van der Waals surface area contributed by atoms with Crippen LogP contribution in [-0.2, 0) is 18.4 Å². The molecule has 0 aromatic carbocycles. The molecule has 0 unspecified atom stereocenters. The SMILES string of the molecule is C=CC(=O)OCCNC(=O)CC[Si](C)(C)O[Si](C)(C)CCCC. The van der Waals surface area contributed by atoms with Crippen LogP contribution in [0.15, 0.2) is 12.7 Å². The monoisotopic (exact) mass is 359 g/mol. The van der Waals surface area contributed by atoms with E-state index in [2.05, 4.69) is 45.0 Å². The first kappa shape index (κ1) is 22.1. The molecule has 0 aliphatic rings. The van der Waals surface area contributed by atoms with Gasteiger partial charge in [0.1, 0.15) is 6.61 Å². The van der Waals surface area contributed by atoms with Crippen molar-refractivity contribution in [3.63, 3.8) is 0 Å². The van der Waals surface area contributed by atoms with E-state index in [9.17, 15) is 9.59 Å². The Kier molecular flexibility index (Phi) is 10.3. The highest BCUT2D eigenvalue weighted by Crippen LogP contribution is 2.24. The highest BCUT2D eigenvalue weighted by Gasteiger charge is 2.32. The molecule has 0 bridgehead atoms. The number of hydrogen-bond donors (Lipinski definition) is 1. The van der Waals surface area contributed by atoms with Crippen LogP contribution in [-0.4, -0.2) is 41.7 Å². The van der Waals surface area contributed by atoms with Crippen LogP contribution in [0.25, 0.3) is 0 Å². The van der Waals surface area contributed by atoms with Crippen molar-refractivity contribution in [1.29, 1.82) is 0 Å². The fraction of sp³-hybridized carbons (Fsp3) is 0.750. The molecule has 23 heavy (non-hydrogen) atoms. The molecule has 0 saturated heterocycles. The molecule has 0 rings (SSSR count). The summed E-state index contributed by atoms with van der Waals surface area (Å²) in [4.78, 5) is 22.7. The summed E-state index contributed by atoms with van der Waals surface area (Å²) in [5, 5.41) is 2.76. The van der Waals surface area contributed by atoms with Crippen molar-refractivity contribution in [1.82, 2.24) is 5.32 Å². The molecule has 0 aromatic rings. The van der Waals surface area contributed by atoms with Gasteiger partial charge in [0.15, 0.2) is 16.6 Å². The van der Waals surface area contributed by atoms with Gasteiger partial charge in [-0.2, -0.15) is 0 Å². The topological polar surface area (TPSA) is 64.6 Å². The van der Waals surface area contributed by atoms with Gasteiger partial charge in [0, 0.05) is 12.5 Å². The van der Waals surface area contributed by atoms with Crippen LogP contribution in [0, 0.1) is 0 Å². The van der Waals surface area contributed by atoms with Crippen LogP contribution in [0.2, 0.25) is 38.3 Å². The van der Waals surface area contributed by atoms with Crippen LogP contribution >= 0.6 is 0 Å². The number of unbranched alkanes of at least 4 members (excludes halogenated alkanes) is 1. The Morgan fingerprint density at radius 3 is 2.30 bits per heavy atom. The minimum Gasteiger partial charge on any atom is -0.461 e. The van der Waals surface area contributed by atoms with Gasteiger partial charge in [0.25, 0.3) is 0 Å². The number of rotatable bonds is 12. The maximum absolute atomic E-state index is 11.8. The van der Waals surface area contributed by atoms with E-state index >= 15 is 0 Å². The molecule has 0 saturated carbocycles. The van der Waals surface area contributed by atoms with Crippen LogP contribution in [0.1, 0.15) is 26.2 Å². The minimum absolute atomic E-state index is 0.0168. The third-order valence-electron chi connectivity index (χ3n) is 3.47. The van der Waals surface area contributed by atoms with Crippen LogP contribution in [0.5, 0.6) is 0 Å². The first-order valence-corrected chi connectivity index (χ1v) is 14.6. The molecule has 0 aromatic heterocycles. The summed E-state index contributed by atoms with van der Waals surface area (Å²) in [6, 6.07) is 1.99. The van der Waals surface area contributed by atoms with Gasteiger partial charge in [-0.3, -0.25) is 4.79 Å². The average molecular weight is 360 g/mol. The van der Waals surface area contributed by atoms with Crippen molar-refractivity contribution in [2.45, 2.75) is 64.5 Å². The van der Waals surface area contributed by atoms with Gasteiger partial charge in [-0.25, -0.2) is 4.79 Å². The summed E-state index contributed by atoms with van der Waals surface area (Å²) < 4.78 is 11.3. The summed E-state index contributed by atoms with van der Waals surface area (Å²) in [5.41, 5.74) is 0. The summed E-state index contributed by atoms with van der Waals surface area (Å²) in [6.07, 6.45) is 3.98. The Balaban J connectivity index is 4.04. The lowest BCUT2D eigenvalue weighted by Gasteiger charge is -2.34. The lowest BCUT2D eigenvalue weighted by atomic mass is 10.4. The number of nitrogens with one attached hydrogen (secondary N) is 1. The van der Waals surface area contributed by atoms with Gasteiger partial charge in [0.05, 0.1) is 6.54 Å². The normalized spacial score (nSPS) is 11.9. The Morgan fingerprint density at radius 1 is 1.13 bits per heavy atom. The van der Waals surface area contributed by atoms with Crippen molar-refractivity contribution in [2.75, 3.05) is 13.2 Å². The van der Waals surface area contributed by atoms with Gasteiger partial charge >= 0.3 is 5.97 Å². The molecular formula is C16H33NO4Si2. The molecule has 5 nitrogen and oxygen atoms in total. The number of carbonyl (C=O) groups is 2. The quantitative estimate of drug-likeness (QED) is 0.251. The zero-order valence-corrected chi connectivity index (χ0v) is 17.4. The largest absolute Gasteiger partial charge is 0.461 e. The summed E-state index contributed by atoms with van der Waals surface area (Å²) in [7, 11) is -3.44. The van der Waals surface area contributed by atoms with Crippen LogP contribution in [0.4, 0.5) is 0 Å². The fourth-order valence-electron chi connectivity index (χ4n) is 2.36. The summed E-state index contributed by atoms with van der Waals surface area (Å²) in [6.45, 7) is 14.9. The van der Waals surface area contributed by atoms with Gasteiger partial charge < -0.3 is 14.2 Å². The first-order valence-electron chi connectivity index (χ1n) is 8.38. The zero-order chi connectivity index (χ0) is 17.9. The smallest absolute Gasteiger partial charge is 0.330 e. The second-order valence-electron chi connectivity index (χ2n) is 6.95. The summed E-state index contributed by atoms with van der Waals surface area (Å²) in [5.74, 6) is -0.489. The van der Waals surface area contributed by atoms with Gasteiger partial charge in [-0.15, -0.1) is 0 Å². The molecular weight excluding hydrogens is 326 g/mol. The molecule has 134 valence electrons. The van der Waals surface area contributed by atoms with Crippen LogP contribution < -0.4 is 5.32 Å². The lowest BCUT2D eigenvalue weighted by Crippen LogP contribution is -2.44. The molecule has 1 N–H and O–H groups in total. The Morgan fingerprint density at radius 2 is 1.74 bits per heavy atom. The van der Waals surface area contributed by atoms with Gasteiger partial charge in [0.2, 0.25) is 5.91 Å². The molecule has 0 spiro atoms. The zero-order valence-electron chi connectivity index (χ0n) is 15.4. The standard InChI is InChI=1S/C16H33NO4Si2/c1-7-9-13-22(3,4)21-23(5,6)14-10-15(18)17-11-12-20-16(19)8-2/h8H,2,7,9-14H2,1,3-6H3,(H,17,18). The van der Waals surface area contributed by atoms with Gasteiger partial charge in [-0.05, 0) is 38.3 Å². The third-order valence-corrected chi connectivity index (χ3v) is 10.9. The lowest BCUT2D eigenvalue weighted by molar-refractivity contribution is -0.138. The van der Waals surface area contributed by atoms with Crippen molar-refractivity contribution in [2.24, 2.45) is 0 Å². The van der Waals surface area contributed by atoms with E-state index in [1.165, 1.54) is 18.9 Å². The molecule has 0 atom stereocenters. The van der Waals surface area contributed by atoms with E-state index in [4.69, 9.17) is 8.85 Å². The maximum atomic E-state index is 11.8. The number of esters is 1. The Hall–Kier alpha value is -0.926. The van der Waals surface area contributed by atoms with Crippen molar-refractivity contribution >= 4 is 28.5 Å². The second-order valence-corrected chi connectivity index (χ2v) is 15.8. The molecule has 0 heterocycles. The molecule has 0 fully saturated rings. The molecule has 0 aliphatic heterocycles. The van der Waals surface area contributed by atoms with E-state index in [1.54, 1.807) is 0 Å². The number of carbonyl (C=O) groups excluding carboxylic acids is 2. The maximum Gasteiger partial charge on any atom is 0.330 e. The summed E-state index contributed by atoms with van der Waals surface area (Å²) >= 11 is 0. The molecule has 7 heteroatoms.